The van der Waals surface area contributed by atoms with Gasteiger partial charge in [0.25, 0.3) is 0 Å². The molecule has 0 radical (unpaired) electrons. The van der Waals surface area contributed by atoms with Crippen molar-refractivity contribution < 1.29 is 31.4 Å². The molecule has 1 N–H and O–H groups in total. The maximum atomic E-state index is 12.8. The Kier molecular flexibility index (Phi) is 5.24. The molecule has 25 heavy (non-hydrogen) atoms. The van der Waals surface area contributed by atoms with Gasteiger partial charge in [-0.1, -0.05) is 23.2 Å². The minimum Gasteiger partial charge on any atom is -0.506 e. The number of alkyl halides is 6. The molecule has 2 aromatic carbocycles. The molecule has 0 bridgehead atoms. The third-order valence-electron chi connectivity index (χ3n) is 2.98. The summed E-state index contributed by atoms with van der Waals surface area (Å²) in [4.78, 5) is 3.57. The first-order valence-electron chi connectivity index (χ1n) is 6.39. The first-order valence-corrected chi connectivity index (χ1v) is 7.15. The van der Waals surface area contributed by atoms with E-state index in [4.69, 9.17) is 23.2 Å². The van der Waals surface area contributed by atoms with Gasteiger partial charge in [0.1, 0.15) is 5.75 Å². The summed E-state index contributed by atoms with van der Waals surface area (Å²) >= 11 is 11.4. The van der Waals surface area contributed by atoms with E-state index < -0.39 is 34.9 Å². The lowest BCUT2D eigenvalue weighted by molar-refractivity contribution is -0.143. The average molecular weight is 402 g/mol. The van der Waals surface area contributed by atoms with Crippen molar-refractivity contribution in [1.29, 1.82) is 0 Å². The highest BCUT2D eigenvalue weighted by molar-refractivity contribution is 6.36. The van der Waals surface area contributed by atoms with E-state index in [2.05, 4.69) is 4.99 Å². The van der Waals surface area contributed by atoms with Crippen LogP contribution in [0, 0.1) is 0 Å². The number of phenols is 1. The van der Waals surface area contributed by atoms with Crippen LogP contribution >= 0.6 is 23.2 Å². The molecular weight excluding hydrogens is 395 g/mol. The van der Waals surface area contributed by atoms with Gasteiger partial charge >= 0.3 is 12.4 Å². The Morgan fingerprint density at radius 2 is 1.36 bits per heavy atom. The fourth-order valence-corrected chi connectivity index (χ4v) is 2.35. The molecule has 134 valence electrons. The molecule has 2 nitrogen and oxygen atoms in total. The zero-order valence-corrected chi connectivity index (χ0v) is 13.4. The van der Waals surface area contributed by atoms with E-state index in [0.29, 0.717) is 12.1 Å². The number of aliphatic imine (C=N–C) groups is 1. The molecule has 0 aliphatic carbocycles. The van der Waals surface area contributed by atoms with Gasteiger partial charge in [0.15, 0.2) is 0 Å². The highest BCUT2D eigenvalue weighted by atomic mass is 35.5. The lowest BCUT2D eigenvalue weighted by atomic mass is 10.1. The number of nitrogens with zero attached hydrogens (tertiary/aromatic N) is 1. The van der Waals surface area contributed by atoms with Gasteiger partial charge in [-0.05, 0) is 30.3 Å². The largest absolute Gasteiger partial charge is 0.506 e. The van der Waals surface area contributed by atoms with Crippen LogP contribution in [0.1, 0.15) is 16.7 Å². The Bertz CT molecular complexity index is 798. The zero-order chi connectivity index (χ0) is 19.0. The Hall–Kier alpha value is -1.93. The maximum Gasteiger partial charge on any atom is 0.416 e. The van der Waals surface area contributed by atoms with Crippen LogP contribution in [0.25, 0.3) is 0 Å². The summed E-state index contributed by atoms with van der Waals surface area (Å²) < 4.78 is 76.7. The number of aromatic hydroxyl groups is 1. The van der Waals surface area contributed by atoms with Crippen LogP contribution in [0.5, 0.6) is 5.75 Å². The summed E-state index contributed by atoms with van der Waals surface area (Å²) in [6, 6.07) is 3.31. The van der Waals surface area contributed by atoms with Crippen molar-refractivity contribution in [3.63, 3.8) is 0 Å². The van der Waals surface area contributed by atoms with Crippen molar-refractivity contribution in [2.75, 3.05) is 0 Å². The quantitative estimate of drug-likeness (QED) is 0.452. The number of benzene rings is 2. The van der Waals surface area contributed by atoms with Gasteiger partial charge in [0.05, 0.1) is 21.8 Å². The van der Waals surface area contributed by atoms with E-state index >= 15 is 0 Å². The number of hydrogen-bond acceptors (Lipinski definition) is 2. The molecule has 0 aliphatic heterocycles. The normalized spacial score (nSPS) is 12.8. The van der Waals surface area contributed by atoms with E-state index in [1.165, 1.54) is 12.1 Å². The van der Waals surface area contributed by atoms with Gasteiger partial charge in [-0.15, -0.1) is 0 Å². The van der Waals surface area contributed by atoms with Crippen molar-refractivity contribution in [2.24, 2.45) is 4.99 Å². The second-order valence-electron chi connectivity index (χ2n) is 4.85. The predicted molar refractivity (Wildman–Crippen MR) is 81.8 cm³/mol. The van der Waals surface area contributed by atoms with Gasteiger partial charge in [-0.3, -0.25) is 4.99 Å². The van der Waals surface area contributed by atoms with Gasteiger partial charge in [-0.2, -0.15) is 26.3 Å². The number of phenolic OH excluding ortho intramolecular Hbond substituents is 1. The highest BCUT2D eigenvalue weighted by Gasteiger charge is 2.36. The van der Waals surface area contributed by atoms with E-state index in [-0.39, 0.29) is 21.7 Å². The predicted octanol–water partition coefficient (Wildman–Crippen LogP) is 6.49. The average Bonchev–Trinajstić information content (AvgIpc) is 2.47. The molecule has 0 amide bonds. The van der Waals surface area contributed by atoms with E-state index in [1.54, 1.807) is 0 Å². The maximum absolute atomic E-state index is 12.8. The van der Waals surface area contributed by atoms with E-state index in [1.807, 2.05) is 0 Å². The van der Waals surface area contributed by atoms with Crippen LogP contribution in [-0.4, -0.2) is 11.3 Å². The molecule has 0 aliphatic rings. The summed E-state index contributed by atoms with van der Waals surface area (Å²) in [5.41, 5.74) is -3.66. The zero-order valence-electron chi connectivity index (χ0n) is 11.9. The van der Waals surface area contributed by atoms with Crippen LogP contribution in [0.3, 0.4) is 0 Å². The van der Waals surface area contributed by atoms with E-state index in [9.17, 15) is 31.4 Å². The molecule has 0 aromatic heterocycles. The van der Waals surface area contributed by atoms with Crippen molar-refractivity contribution in [3.8, 4) is 5.75 Å². The number of hydrogen-bond donors (Lipinski definition) is 1. The molecule has 2 aromatic rings. The van der Waals surface area contributed by atoms with Gasteiger partial charge in [0, 0.05) is 16.8 Å². The Morgan fingerprint density at radius 1 is 0.840 bits per heavy atom. The van der Waals surface area contributed by atoms with Crippen LogP contribution in [-0.2, 0) is 12.4 Å². The van der Waals surface area contributed by atoms with Crippen LogP contribution < -0.4 is 0 Å². The molecule has 10 heteroatoms. The minimum atomic E-state index is -4.98. The van der Waals surface area contributed by atoms with Crippen LogP contribution in [0.15, 0.2) is 35.3 Å². The number of rotatable bonds is 2. The van der Waals surface area contributed by atoms with Crippen LogP contribution in [0.4, 0.5) is 32.0 Å². The summed E-state index contributed by atoms with van der Waals surface area (Å²) in [6.07, 6.45) is -9.09. The molecule has 0 heterocycles. The summed E-state index contributed by atoms with van der Waals surface area (Å²) in [5.74, 6) is -0.460. The fourth-order valence-electron chi connectivity index (χ4n) is 1.84. The first kappa shape index (κ1) is 19.4. The van der Waals surface area contributed by atoms with Crippen LogP contribution in [0.2, 0.25) is 10.0 Å². The van der Waals surface area contributed by atoms with Gasteiger partial charge in [-0.25, -0.2) is 0 Å². The standard InChI is InChI=1S/C15H7Cl2F6NO/c16-10-1-7(13(25)12(17)5-10)6-24-11-3-8(14(18,19)20)2-9(4-11)15(21,22)23/h1-6,25H. The first-order chi connectivity index (χ1) is 11.4. The molecule has 0 saturated heterocycles. The van der Waals surface area contributed by atoms with E-state index in [0.717, 1.165) is 6.21 Å². The second-order valence-corrected chi connectivity index (χ2v) is 5.69. The molecule has 0 spiro atoms. The Balaban J connectivity index is 2.52. The Labute approximate surface area is 147 Å². The summed E-state index contributed by atoms with van der Waals surface area (Å²) in [6.45, 7) is 0. The molecule has 0 atom stereocenters. The van der Waals surface area contributed by atoms with Crippen molar-refractivity contribution in [2.45, 2.75) is 12.4 Å². The molecule has 0 fully saturated rings. The smallest absolute Gasteiger partial charge is 0.416 e. The third-order valence-corrected chi connectivity index (χ3v) is 3.49. The molecular formula is C15H7Cl2F6NO. The summed E-state index contributed by atoms with van der Waals surface area (Å²) in [7, 11) is 0. The fraction of sp³-hybridized carbons (Fsp3) is 0.133. The van der Waals surface area contributed by atoms with Crippen molar-refractivity contribution in [3.05, 3.63) is 57.1 Å². The lowest BCUT2D eigenvalue weighted by Gasteiger charge is -2.12. The molecule has 2 rings (SSSR count). The topological polar surface area (TPSA) is 32.6 Å². The van der Waals surface area contributed by atoms with Gasteiger partial charge in [0.2, 0.25) is 0 Å². The Morgan fingerprint density at radius 3 is 1.84 bits per heavy atom. The number of halogens is 8. The molecule has 0 saturated carbocycles. The van der Waals surface area contributed by atoms with Gasteiger partial charge < -0.3 is 5.11 Å². The van der Waals surface area contributed by atoms with Crippen molar-refractivity contribution in [1.82, 2.24) is 0 Å². The van der Waals surface area contributed by atoms with Crippen molar-refractivity contribution >= 4 is 35.1 Å². The second kappa shape index (κ2) is 6.76. The SMILES string of the molecule is Oc1c(Cl)cc(Cl)cc1C=Nc1cc(C(F)(F)F)cc(C(F)(F)F)c1. The molecule has 0 unspecified atom stereocenters. The third kappa shape index (κ3) is 4.79. The minimum absolute atomic E-state index is 0.00720. The summed E-state index contributed by atoms with van der Waals surface area (Å²) in [5, 5.41) is 9.68. The highest BCUT2D eigenvalue weighted by Crippen LogP contribution is 2.38. The lowest BCUT2D eigenvalue weighted by Crippen LogP contribution is -2.10. The monoisotopic (exact) mass is 401 g/mol.